The first-order chi connectivity index (χ1) is 16.1. The fourth-order valence-electron chi connectivity index (χ4n) is 5.45. The largest absolute Gasteiger partial charge is 0.441 e. The minimum absolute atomic E-state index is 0.217. The maximum Gasteiger partial charge on any atom is 0.410 e. The molecule has 8 heteroatoms. The first-order valence-corrected chi connectivity index (χ1v) is 12.1. The highest BCUT2D eigenvalue weighted by Gasteiger charge is 2.48. The van der Waals surface area contributed by atoms with Crippen molar-refractivity contribution in [1.29, 1.82) is 5.26 Å². The van der Waals surface area contributed by atoms with Crippen LogP contribution < -0.4 is 0 Å². The molecule has 4 heterocycles. The third-order valence-corrected chi connectivity index (χ3v) is 7.89. The highest BCUT2D eigenvalue weighted by molar-refractivity contribution is 7.16. The Balaban J connectivity index is 1.19. The molecule has 0 N–H and O–H groups in total. The van der Waals surface area contributed by atoms with Crippen LogP contribution in [-0.4, -0.2) is 37.7 Å². The van der Waals surface area contributed by atoms with Crippen LogP contribution in [0, 0.1) is 17.2 Å². The molecule has 1 saturated carbocycles. The number of fused-ring (bicyclic) bond motifs is 2. The monoisotopic (exact) mass is 457 g/mol. The molecule has 0 radical (unpaired) electrons. The van der Waals surface area contributed by atoms with E-state index in [0.717, 1.165) is 59.0 Å². The maximum absolute atomic E-state index is 12.8. The molecule has 0 bridgehead atoms. The molecule has 1 aromatic carbocycles. The van der Waals surface area contributed by atoms with Crippen LogP contribution in [0.25, 0.3) is 21.3 Å². The van der Waals surface area contributed by atoms with Crippen molar-refractivity contribution in [3.05, 3.63) is 59.4 Å². The fourth-order valence-corrected chi connectivity index (χ4v) is 6.35. The number of rotatable bonds is 4. The van der Waals surface area contributed by atoms with Crippen molar-refractivity contribution in [2.45, 2.75) is 44.4 Å². The van der Waals surface area contributed by atoms with E-state index >= 15 is 0 Å². The molecule has 1 saturated heterocycles. The van der Waals surface area contributed by atoms with Crippen LogP contribution in [0.5, 0.6) is 0 Å². The number of carbonyl (C=O) groups is 1. The predicted molar refractivity (Wildman–Crippen MR) is 126 cm³/mol. The van der Waals surface area contributed by atoms with Crippen molar-refractivity contribution >= 4 is 38.7 Å². The molecule has 4 aromatic rings. The van der Waals surface area contributed by atoms with E-state index in [1.165, 1.54) is 0 Å². The minimum atomic E-state index is -0.418. The second-order valence-electron chi connectivity index (χ2n) is 9.20. The van der Waals surface area contributed by atoms with Gasteiger partial charge >= 0.3 is 6.09 Å². The van der Waals surface area contributed by atoms with Crippen LogP contribution >= 0.6 is 11.3 Å². The van der Waals surface area contributed by atoms with Gasteiger partial charge in [0.05, 0.1) is 42.1 Å². The number of aromatic nitrogens is 3. The maximum atomic E-state index is 12.8. The van der Waals surface area contributed by atoms with Crippen LogP contribution in [-0.2, 0) is 17.8 Å². The van der Waals surface area contributed by atoms with Gasteiger partial charge in [-0.15, -0.1) is 11.3 Å². The Hall–Kier alpha value is -3.44. The van der Waals surface area contributed by atoms with Crippen LogP contribution in [0.4, 0.5) is 4.79 Å². The fraction of sp³-hybridized carbons (Fsp3) is 0.360. The highest BCUT2D eigenvalue weighted by Crippen LogP contribution is 2.41. The van der Waals surface area contributed by atoms with Gasteiger partial charge in [-0.05, 0) is 66.8 Å². The van der Waals surface area contributed by atoms with Gasteiger partial charge in [-0.1, -0.05) is 6.07 Å². The zero-order valence-electron chi connectivity index (χ0n) is 18.1. The standard InChI is InChI=1S/C25H23N5O2S/c26-11-17-5-6-21-22(9-17)30(16-28-21)12-18-3-1-7-25(10-18)15-29(24(31)32-25)13-19-14-33-23-20(19)4-2-8-27-23/h2,4-6,8-9,14,16,18H,1,3,7,10,12-13,15H2. The van der Waals surface area contributed by atoms with Crippen molar-refractivity contribution in [2.24, 2.45) is 5.92 Å². The van der Waals surface area contributed by atoms with E-state index in [0.29, 0.717) is 24.6 Å². The second-order valence-corrected chi connectivity index (χ2v) is 10.1. The lowest BCUT2D eigenvalue weighted by atomic mass is 9.78. The summed E-state index contributed by atoms with van der Waals surface area (Å²) >= 11 is 1.61. The van der Waals surface area contributed by atoms with Gasteiger partial charge in [0.1, 0.15) is 10.4 Å². The summed E-state index contributed by atoms with van der Waals surface area (Å²) in [4.78, 5) is 24.6. The van der Waals surface area contributed by atoms with Crippen molar-refractivity contribution in [2.75, 3.05) is 6.54 Å². The molecule has 2 unspecified atom stereocenters. The molecule has 1 amide bonds. The smallest absolute Gasteiger partial charge is 0.410 e. The number of nitrogens with zero attached hydrogens (tertiary/aromatic N) is 5. The molecule has 7 nitrogen and oxygen atoms in total. The van der Waals surface area contributed by atoms with Crippen molar-refractivity contribution in [3.8, 4) is 6.07 Å². The summed E-state index contributed by atoms with van der Waals surface area (Å²) in [5, 5.41) is 12.5. The number of hydrogen-bond acceptors (Lipinski definition) is 6. The topological polar surface area (TPSA) is 84.0 Å². The summed E-state index contributed by atoms with van der Waals surface area (Å²) in [6.07, 6.45) is 7.32. The number of ether oxygens (including phenoxy) is 1. The average molecular weight is 458 g/mol. The van der Waals surface area contributed by atoms with Gasteiger partial charge in [-0.3, -0.25) is 4.90 Å². The quantitative estimate of drug-likeness (QED) is 0.426. The number of pyridine rings is 1. The summed E-state index contributed by atoms with van der Waals surface area (Å²) in [6, 6.07) is 11.8. The van der Waals surface area contributed by atoms with E-state index in [2.05, 4.69) is 32.1 Å². The zero-order chi connectivity index (χ0) is 22.4. The van der Waals surface area contributed by atoms with Crippen LogP contribution in [0.15, 0.2) is 48.2 Å². The zero-order valence-corrected chi connectivity index (χ0v) is 18.9. The Morgan fingerprint density at radius 2 is 2.24 bits per heavy atom. The molecule has 2 aliphatic rings. The highest BCUT2D eigenvalue weighted by atomic mass is 32.1. The Bertz CT molecular complexity index is 1400. The van der Waals surface area contributed by atoms with Gasteiger partial charge in [0.25, 0.3) is 0 Å². The number of carbonyl (C=O) groups excluding carboxylic acids is 1. The van der Waals surface area contributed by atoms with Crippen molar-refractivity contribution in [1.82, 2.24) is 19.4 Å². The first kappa shape index (κ1) is 20.2. The summed E-state index contributed by atoms with van der Waals surface area (Å²) in [7, 11) is 0. The Kier molecular flexibility index (Phi) is 4.80. The number of hydrogen-bond donors (Lipinski definition) is 0. The lowest BCUT2D eigenvalue weighted by Crippen LogP contribution is -2.40. The van der Waals surface area contributed by atoms with Gasteiger partial charge in [0, 0.05) is 18.1 Å². The Morgan fingerprint density at radius 3 is 3.15 bits per heavy atom. The molecule has 1 spiro atoms. The minimum Gasteiger partial charge on any atom is -0.441 e. The second kappa shape index (κ2) is 7.85. The molecule has 3 aromatic heterocycles. The SMILES string of the molecule is N#Cc1ccc2ncn(CC3CCCC4(C3)CN(Cc3csc5ncccc35)C(=O)O4)c2c1. The van der Waals surface area contributed by atoms with E-state index in [1.54, 1.807) is 23.6 Å². The van der Waals surface area contributed by atoms with Gasteiger partial charge in [-0.2, -0.15) is 5.26 Å². The van der Waals surface area contributed by atoms with Crippen LogP contribution in [0.1, 0.15) is 36.8 Å². The third-order valence-electron chi connectivity index (χ3n) is 6.94. The van der Waals surface area contributed by atoms with Crippen LogP contribution in [0.3, 0.4) is 0 Å². The lowest BCUT2D eigenvalue weighted by molar-refractivity contribution is 0.00415. The van der Waals surface area contributed by atoms with E-state index in [-0.39, 0.29) is 6.09 Å². The number of benzene rings is 1. The Labute approximate surface area is 195 Å². The van der Waals surface area contributed by atoms with Crippen LogP contribution in [0.2, 0.25) is 0 Å². The summed E-state index contributed by atoms with van der Waals surface area (Å²) in [5.74, 6) is 0.390. The van der Waals surface area contributed by atoms with E-state index < -0.39 is 5.60 Å². The molecule has 2 atom stereocenters. The number of amides is 1. The number of imidazole rings is 1. The third kappa shape index (κ3) is 3.62. The average Bonchev–Trinajstić information content (AvgIpc) is 3.50. The van der Waals surface area contributed by atoms with Gasteiger partial charge < -0.3 is 9.30 Å². The summed E-state index contributed by atoms with van der Waals surface area (Å²) < 4.78 is 8.18. The lowest BCUT2D eigenvalue weighted by Gasteiger charge is -2.36. The molecule has 33 heavy (non-hydrogen) atoms. The van der Waals surface area contributed by atoms with Crippen molar-refractivity contribution < 1.29 is 9.53 Å². The summed E-state index contributed by atoms with van der Waals surface area (Å²) in [6.45, 7) is 1.99. The molecular weight excluding hydrogens is 434 g/mol. The molecule has 1 aliphatic carbocycles. The van der Waals surface area contributed by atoms with E-state index in [1.807, 2.05) is 29.4 Å². The number of thiophene rings is 1. The summed E-state index contributed by atoms with van der Waals surface area (Å²) in [5.41, 5.74) is 3.23. The molecule has 6 rings (SSSR count). The molecule has 2 fully saturated rings. The normalized spacial score (nSPS) is 22.8. The van der Waals surface area contributed by atoms with Gasteiger partial charge in [0.15, 0.2) is 0 Å². The van der Waals surface area contributed by atoms with Gasteiger partial charge in [0.2, 0.25) is 0 Å². The molecule has 166 valence electrons. The predicted octanol–water partition coefficient (Wildman–Crippen LogP) is 5.10. The van der Waals surface area contributed by atoms with Gasteiger partial charge in [-0.25, -0.2) is 14.8 Å². The molecule has 1 aliphatic heterocycles. The van der Waals surface area contributed by atoms with Crippen molar-refractivity contribution in [3.63, 3.8) is 0 Å². The van der Waals surface area contributed by atoms with E-state index in [9.17, 15) is 10.1 Å². The molecular formula is C25H23N5O2S. The Morgan fingerprint density at radius 1 is 1.30 bits per heavy atom. The number of nitriles is 1. The first-order valence-electron chi connectivity index (χ1n) is 11.3. The van der Waals surface area contributed by atoms with E-state index in [4.69, 9.17) is 4.74 Å².